The lowest BCUT2D eigenvalue weighted by molar-refractivity contribution is 0.0249. The third-order valence-corrected chi connectivity index (χ3v) is 4.90. The molecule has 146 valence electrons. The maximum atomic E-state index is 15.4. The number of methoxy groups -OCH3 is 1. The van der Waals surface area contributed by atoms with E-state index in [0.29, 0.717) is 31.1 Å². The molecule has 4 rings (SSSR count). The Hall–Kier alpha value is -3.07. The predicted molar refractivity (Wildman–Crippen MR) is 97.3 cm³/mol. The van der Waals surface area contributed by atoms with Gasteiger partial charge in [-0.05, 0) is 17.7 Å². The first-order valence-corrected chi connectivity index (χ1v) is 8.95. The lowest BCUT2D eigenvalue weighted by Crippen LogP contribution is -2.40. The van der Waals surface area contributed by atoms with Crippen LogP contribution < -0.4 is 4.74 Å². The summed E-state index contributed by atoms with van der Waals surface area (Å²) in [6.45, 7) is 1.73. The van der Waals surface area contributed by atoms with E-state index in [4.69, 9.17) is 9.26 Å². The van der Waals surface area contributed by atoms with Gasteiger partial charge in [0.15, 0.2) is 17.2 Å². The fraction of sp³-hybridized carbons (Fsp3) is 0.368. The molecule has 0 amide bonds. The zero-order valence-corrected chi connectivity index (χ0v) is 15.4. The largest absolute Gasteiger partial charge is 0.504 e. The summed E-state index contributed by atoms with van der Waals surface area (Å²) in [6, 6.07) is 5.22. The molecule has 0 unspecified atom stereocenters. The Labute approximate surface area is 161 Å². The molecule has 3 heterocycles. The van der Waals surface area contributed by atoms with Crippen molar-refractivity contribution in [1.82, 2.24) is 25.0 Å². The number of ether oxygens (including phenoxy) is 1. The molecule has 0 spiro atoms. The molecule has 1 fully saturated rings. The average molecular weight is 385 g/mol. The molecule has 0 radical (unpaired) electrons. The Morgan fingerprint density at radius 2 is 2.11 bits per heavy atom. The van der Waals surface area contributed by atoms with E-state index in [1.807, 2.05) is 6.07 Å². The molecule has 0 aliphatic carbocycles. The monoisotopic (exact) mass is 385 g/mol. The van der Waals surface area contributed by atoms with Gasteiger partial charge >= 0.3 is 0 Å². The van der Waals surface area contributed by atoms with E-state index in [9.17, 15) is 5.11 Å². The van der Waals surface area contributed by atoms with Crippen molar-refractivity contribution in [2.45, 2.75) is 25.1 Å². The summed E-state index contributed by atoms with van der Waals surface area (Å²) in [5.41, 5.74) is -0.222. The standard InChI is InChI=1S/C19H20FN5O3/c1-27-16-10-13(2-3-15(16)26)12-25-8-4-19(20,5-9-25)18-23-17(24-28-18)14-11-21-6-7-22-14/h2-3,6-7,10-11,26H,4-5,8-9,12H2,1H3. The van der Waals surface area contributed by atoms with Crippen LogP contribution in [0, 0.1) is 0 Å². The number of hydrogen-bond acceptors (Lipinski definition) is 8. The summed E-state index contributed by atoms with van der Waals surface area (Å²) in [5.74, 6) is 0.748. The smallest absolute Gasteiger partial charge is 0.264 e. The predicted octanol–water partition coefficient (Wildman–Crippen LogP) is 2.70. The highest BCUT2D eigenvalue weighted by atomic mass is 19.1. The minimum atomic E-state index is -1.66. The summed E-state index contributed by atoms with van der Waals surface area (Å²) in [5, 5.41) is 13.5. The van der Waals surface area contributed by atoms with Gasteiger partial charge in [-0.1, -0.05) is 11.2 Å². The molecule has 1 saturated heterocycles. The number of halogens is 1. The van der Waals surface area contributed by atoms with Crippen LogP contribution in [-0.2, 0) is 12.2 Å². The number of piperidine rings is 1. The molecule has 9 heteroatoms. The van der Waals surface area contributed by atoms with Crippen LogP contribution in [0.4, 0.5) is 4.39 Å². The lowest BCUT2D eigenvalue weighted by Gasteiger charge is -2.34. The van der Waals surface area contributed by atoms with E-state index in [2.05, 4.69) is 25.0 Å². The van der Waals surface area contributed by atoms with E-state index >= 15 is 4.39 Å². The van der Waals surface area contributed by atoms with Gasteiger partial charge in [-0.3, -0.25) is 9.88 Å². The quantitative estimate of drug-likeness (QED) is 0.716. The number of phenols is 1. The molecule has 1 aliphatic rings. The zero-order valence-electron chi connectivity index (χ0n) is 15.4. The van der Waals surface area contributed by atoms with E-state index in [1.54, 1.807) is 18.3 Å². The van der Waals surface area contributed by atoms with Gasteiger partial charge in [0.05, 0.1) is 13.3 Å². The Kier molecular flexibility index (Phi) is 4.91. The second-order valence-electron chi connectivity index (χ2n) is 6.76. The number of benzene rings is 1. The van der Waals surface area contributed by atoms with Crippen LogP contribution in [0.2, 0.25) is 0 Å². The first-order chi connectivity index (χ1) is 13.6. The minimum absolute atomic E-state index is 0.0147. The Bertz CT molecular complexity index is 942. The average Bonchev–Trinajstić information content (AvgIpc) is 3.23. The van der Waals surface area contributed by atoms with E-state index < -0.39 is 5.67 Å². The molecule has 1 aliphatic heterocycles. The van der Waals surface area contributed by atoms with Crippen LogP contribution >= 0.6 is 0 Å². The maximum Gasteiger partial charge on any atom is 0.264 e. The molecule has 3 aromatic rings. The van der Waals surface area contributed by atoms with Crippen LogP contribution in [0.25, 0.3) is 11.5 Å². The summed E-state index contributed by atoms with van der Waals surface area (Å²) >= 11 is 0. The first-order valence-electron chi connectivity index (χ1n) is 8.95. The maximum absolute atomic E-state index is 15.4. The normalized spacial score (nSPS) is 16.8. The molecule has 8 nitrogen and oxygen atoms in total. The van der Waals surface area contributed by atoms with Gasteiger partial charge in [0.1, 0.15) is 5.69 Å². The highest BCUT2D eigenvalue weighted by Crippen LogP contribution is 2.37. The molecule has 2 aromatic heterocycles. The molecule has 1 N–H and O–H groups in total. The number of nitrogens with zero attached hydrogens (tertiary/aromatic N) is 5. The van der Waals surface area contributed by atoms with Crippen LogP contribution in [0.15, 0.2) is 41.3 Å². The van der Waals surface area contributed by atoms with Crippen molar-refractivity contribution < 1.29 is 18.8 Å². The molecular weight excluding hydrogens is 365 g/mol. The Morgan fingerprint density at radius 1 is 1.29 bits per heavy atom. The summed E-state index contributed by atoms with van der Waals surface area (Å²) in [6.07, 6.45) is 5.08. The van der Waals surface area contributed by atoms with Crippen LogP contribution in [0.5, 0.6) is 11.5 Å². The third-order valence-electron chi connectivity index (χ3n) is 4.90. The number of likely N-dealkylation sites (tertiary alicyclic amines) is 1. The highest BCUT2D eigenvalue weighted by molar-refractivity contribution is 5.45. The number of alkyl halides is 1. The molecule has 28 heavy (non-hydrogen) atoms. The fourth-order valence-electron chi connectivity index (χ4n) is 3.28. The van der Waals surface area contributed by atoms with Gasteiger partial charge in [-0.15, -0.1) is 0 Å². The van der Waals surface area contributed by atoms with Crippen molar-refractivity contribution in [2.24, 2.45) is 0 Å². The number of aromatic hydroxyl groups is 1. The molecule has 0 bridgehead atoms. The van der Waals surface area contributed by atoms with Crippen molar-refractivity contribution in [2.75, 3.05) is 20.2 Å². The number of hydrogen-bond donors (Lipinski definition) is 1. The second kappa shape index (κ2) is 7.51. The number of phenolic OH excluding ortho intramolecular Hbond substituents is 1. The Balaban J connectivity index is 1.41. The van der Waals surface area contributed by atoms with Gasteiger partial charge in [0, 0.05) is 44.9 Å². The van der Waals surface area contributed by atoms with Crippen molar-refractivity contribution in [3.63, 3.8) is 0 Å². The number of rotatable bonds is 5. The zero-order chi connectivity index (χ0) is 19.6. The van der Waals surface area contributed by atoms with Gasteiger partial charge < -0.3 is 14.4 Å². The van der Waals surface area contributed by atoms with Crippen molar-refractivity contribution >= 4 is 0 Å². The van der Waals surface area contributed by atoms with Gasteiger partial charge in [0.2, 0.25) is 5.82 Å². The summed E-state index contributed by atoms with van der Waals surface area (Å²) in [4.78, 5) is 14.4. The van der Waals surface area contributed by atoms with Crippen molar-refractivity contribution in [1.29, 1.82) is 0 Å². The van der Waals surface area contributed by atoms with Gasteiger partial charge in [0.25, 0.3) is 5.89 Å². The van der Waals surface area contributed by atoms with Gasteiger partial charge in [-0.2, -0.15) is 4.98 Å². The SMILES string of the molecule is COc1cc(CN2CCC(F)(c3nc(-c4cnccn4)no3)CC2)ccc1O. The summed E-state index contributed by atoms with van der Waals surface area (Å²) < 4.78 is 25.7. The minimum Gasteiger partial charge on any atom is -0.504 e. The van der Waals surface area contributed by atoms with Crippen molar-refractivity contribution in [3.05, 3.63) is 48.2 Å². The van der Waals surface area contributed by atoms with Crippen molar-refractivity contribution in [3.8, 4) is 23.0 Å². The third kappa shape index (κ3) is 3.65. The van der Waals surface area contributed by atoms with Crippen LogP contribution in [0.1, 0.15) is 24.3 Å². The number of aromatic nitrogens is 4. The van der Waals surface area contributed by atoms with E-state index in [1.165, 1.54) is 19.5 Å². The lowest BCUT2D eigenvalue weighted by atomic mass is 9.93. The van der Waals surface area contributed by atoms with Gasteiger partial charge in [-0.25, -0.2) is 9.37 Å². The second-order valence-corrected chi connectivity index (χ2v) is 6.76. The van der Waals surface area contributed by atoms with Crippen LogP contribution in [0.3, 0.4) is 0 Å². The highest BCUT2D eigenvalue weighted by Gasteiger charge is 2.41. The van der Waals surface area contributed by atoms with E-state index in [-0.39, 0.29) is 30.3 Å². The Morgan fingerprint density at radius 3 is 2.82 bits per heavy atom. The van der Waals surface area contributed by atoms with E-state index in [0.717, 1.165) is 5.56 Å². The fourth-order valence-corrected chi connectivity index (χ4v) is 3.28. The van der Waals surface area contributed by atoms with Crippen LogP contribution in [-0.4, -0.2) is 50.3 Å². The molecular formula is C19H20FN5O3. The topological polar surface area (TPSA) is 97.4 Å². The first kappa shape index (κ1) is 18.3. The summed E-state index contributed by atoms with van der Waals surface area (Å²) in [7, 11) is 1.51. The molecule has 0 saturated carbocycles. The molecule has 1 aromatic carbocycles. The molecule has 0 atom stereocenters.